The molecule has 144 valence electrons. The summed E-state index contributed by atoms with van der Waals surface area (Å²) in [5.41, 5.74) is 1.28. The van der Waals surface area contributed by atoms with Gasteiger partial charge in [-0.3, -0.25) is 4.90 Å². The third kappa shape index (κ3) is 2.65. The van der Waals surface area contributed by atoms with Gasteiger partial charge in [-0.15, -0.1) is 0 Å². The number of hydrogen-bond acceptors (Lipinski definition) is 2. The molecule has 0 radical (unpaired) electrons. The van der Waals surface area contributed by atoms with Gasteiger partial charge in [-0.05, 0) is 49.8 Å². The number of benzene rings is 1. The topological polar surface area (TPSA) is 43.8 Å². The van der Waals surface area contributed by atoms with Crippen molar-refractivity contribution in [3.8, 4) is 0 Å². The van der Waals surface area contributed by atoms with Crippen molar-refractivity contribution in [1.82, 2.24) is 9.80 Å². The Kier molecular flexibility index (Phi) is 4.81. The van der Waals surface area contributed by atoms with Crippen molar-refractivity contribution < 1.29 is 9.90 Å². The molecule has 0 aliphatic carbocycles. The Morgan fingerprint density at radius 1 is 1.15 bits per heavy atom. The van der Waals surface area contributed by atoms with Crippen LogP contribution in [0.15, 0.2) is 24.3 Å². The second-order valence-electron chi connectivity index (χ2n) is 9.24. The summed E-state index contributed by atoms with van der Waals surface area (Å²) >= 11 is 6.18. The van der Waals surface area contributed by atoms with Crippen LogP contribution in [0.25, 0.3) is 0 Å². The lowest BCUT2D eigenvalue weighted by Gasteiger charge is -2.74. The first kappa shape index (κ1) is 19.5. The van der Waals surface area contributed by atoms with Crippen LogP contribution in [0.3, 0.4) is 0 Å². The number of halogens is 1. The molecule has 1 unspecified atom stereocenters. The number of hydrogen-bond donors (Lipinski definition) is 1. The van der Waals surface area contributed by atoms with E-state index in [4.69, 9.17) is 11.6 Å². The van der Waals surface area contributed by atoms with Gasteiger partial charge in [0.15, 0.2) is 0 Å². The Labute approximate surface area is 162 Å². The van der Waals surface area contributed by atoms with E-state index in [-0.39, 0.29) is 16.4 Å². The van der Waals surface area contributed by atoms with Gasteiger partial charge in [0.05, 0.1) is 5.54 Å². The third-order valence-corrected chi connectivity index (χ3v) is 6.89. The lowest BCUT2D eigenvalue weighted by Crippen LogP contribution is -2.79. The van der Waals surface area contributed by atoms with Gasteiger partial charge in [-0.1, -0.05) is 44.5 Å². The van der Waals surface area contributed by atoms with Crippen LogP contribution < -0.4 is 0 Å². The number of piperidine rings is 1. The van der Waals surface area contributed by atoms with Crippen LogP contribution in [-0.4, -0.2) is 46.7 Å². The molecule has 1 amide bonds. The van der Waals surface area contributed by atoms with Crippen LogP contribution in [0, 0.1) is 10.8 Å². The largest absolute Gasteiger partial charge is 0.465 e. The molecular formula is C21H31ClN2O2. The summed E-state index contributed by atoms with van der Waals surface area (Å²) in [5.74, 6) is 0. The highest BCUT2D eigenvalue weighted by molar-refractivity contribution is 6.30. The van der Waals surface area contributed by atoms with Crippen LogP contribution in [0.1, 0.15) is 53.0 Å². The fourth-order valence-corrected chi connectivity index (χ4v) is 5.94. The summed E-state index contributed by atoms with van der Waals surface area (Å²) in [6.07, 6.45) is 1.01. The molecule has 2 fully saturated rings. The van der Waals surface area contributed by atoms with E-state index in [9.17, 15) is 9.90 Å². The van der Waals surface area contributed by atoms with Crippen molar-refractivity contribution in [2.45, 2.75) is 59.0 Å². The summed E-state index contributed by atoms with van der Waals surface area (Å²) in [4.78, 5) is 15.6. The summed E-state index contributed by atoms with van der Waals surface area (Å²) in [5, 5.41) is 10.1. The molecule has 1 aromatic rings. The first-order chi connectivity index (χ1) is 12.0. The molecule has 2 heterocycles. The lowest BCUT2D eigenvalue weighted by molar-refractivity contribution is -0.251. The molecule has 4 nitrogen and oxygen atoms in total. The smallest absolute Gasteiger partial charge is 0.407 e. The molecule has 2 saturated heterocycles. The number of amides is 1. The van der Waals surface area contributed by atoms with Gasteiger partial charge in [0.25, 0.3) is 0 Å². The highest BCUT2D eigenvalue weighted by atomic mass is 35.5. The normalized spacial score (nSPS) is 26.2. The molecule has 26 heavy (non-hydrogen) atoms. The van der Waals surface area contributed by atoms with E-state index in [1.807, 2.05) is 12.1 Å². The van der Waals surface area contributed by atoms with E-state index < -0.39 is 6.09 Å². The first-order valence-electron chi connectivity index (χ1n) is 9.56. The molecular weight excluding hydrogens is 348 g/mol. The van der Waals surface area contributed by atoms with E-state index in [2.05, 4.69) is 51.7 Å². The molecule has 0 saturated carbocycles. The van der Waals surface area contributed by atoms with Crippen LogP contribution in [-0.2, 0) is 5.54 Å². The second kappa shape index (κ2) is 6.42. The minimum atomic E-state index is -0.798. The van der Waals surface area contributed by atoms with Crippen molar-refractivity contribution in [3.63, 3.8) is 0 Å². The second-order valence-corrected chi connectivity index (χ2v) is 9.68. The molecule has 1 atom stereocenters. The number of nitrogens with zero attached hydrogens (tertiary/aromatic N) is 2. The minimum absolute atomic E-state index is 0.00867. The standard InChI is InChI=1S/C21H31ClN2O2/c1-15(2)24-14-20(10-12-23(13-11-20)18(25)26)21(24,19(3,4)5)16-6-8-17(22)9-7-16/h6-9,15H,10-14H2,1-5H3,(H,25,26). The quantitative estimate of drug-likeness (QED) is 0.781. The fourth-order valence-electron chi connectivity index (χ4n) is 5.81. The van der Waals surface area contributed by atoms with E-state index >= 15 is 0 Å². The average Bonchev–Trinajstić information content (AvgIpc) is 2.53. The Morgan fingerprint density at radius 2 is 1.69 bits per heavy atom. The molecule has 1 N–H and O–H groups in total. The zero-order valence-corrected chi connectivity index (χ0v) is 17.3. The predicted octanol–water partition coefficient (Wildman–Crippen LogP) is 5.07. The van der Waals surface area contributed by atoms with E-state index in [1.165, 1.54) is 5.56 Å². The average molecular weight is 379 g/mol. The Morgan fingerprint density at radius 3 is 2.12 bits per heavy atom. The lowest BCUT2D eigenvalue weighted by atomic mass is 9.45. The Bertz CT molecular complexity index is 672. The minimum Gasteiger partial charge on any atom is -0.465 e. The van der Waals surface area contributed by atoms with Gasteiger partial charge in [0, 0.05) is 36.1 Å². The third-order valence-electron chi connectivity index (χ3n) is 6.63. The monoisotopic (exact) mass is 378 g/mol. The first-order valence-corrected chi connectivity index (χ1v) is 9.94. The van der Waals surface area contributed by atoms with Crippen LogP contribution in [0.4, 0.5) is 4.79 Å². The van der Waals surface area contributed by atoms with Crippen molar-refractivity contribution in [2.75, 3.05) is 19.6 Å². The maximum Gasteiger partial charge on any atom is 0.407 e. The SMILES string of the molecule is CC(C)N1CC2(CCN(C(=O)O)CC2)C1(c1ccc(Cl)cc1)C(C)(C)C. The van der Waals surface area contributed by atoms with Crippen molar-refractivity contribution in [3.05, 3.63) is 34.9 Å². The summed E-state index contributed by atoms with van der Waals surface area (Å²) < 4.78 is 0. The van der Waals surface area contributed by atoms with Gasteiger partial charge in [-0.2, -0.15) is 0 Å². The van der Waals surface area contributed by atoms with Crippen molar-refractivity contribution >= 4 is 17.7 Å². The molecule has 5 heteroatoms. The molecule has 2 aliphatic heterocycles. The number of carbonyl (C=O) groups is 1. The van der Waals surface area contributed by atoms with Gasteiger partial charge in [-0.25, -0.2) is 4.79 Å². The molecule has 2 aliphatic rings. The van der Waals surface area contributed by atoms with Gasteiger partial charge >= 0.3 is 6.09 Å². The molecule has 3 rings (SSSR count). The van der Waals surface area contributed by atoms with Crippen LogP contribution in [0.2, 0.25) is 5.02 Å². The predicted molar refractivity (Wildman–Crippen MR) is 106 cm³/mol. The highest BCUT2D eigenvalue weighted by Crippen LogP contribution is 2.67. The molecule has 1 aromatic carbocycles. The summed E-state index contributed by atoms with van der Waals surface area (Å²) in [6.45, 7) is 13.7. The maximum atomic E-state index is 11.4. The molecule has 0 aromatic heterocycles. The van der Waals surface area contributed by atoms with Crippen molar-refractivity contribution in [1.29, 1.82) is 0 Å². The molecule has 1 spiro atoms. The summed E-state index contributed by atoms with van der Waals surface area (Å²) in [7, 11) is 0. The zero-order chi connectivity index (χ0) is 19.3. The van der Waals surface area contributed by atoms with Gasteiger partial charge < -0.3 is 10.0 Å². The number of carboxylic acid groups (broad SMARTS) is 1. The van der Waals surface area contributed by atoms with Crippen LogP contribution >= 0.6 is 11.6 Å². The highest BCUT2D eigenvalue weighted by Gasteiger charge is 2.69. The van der Waals surface area contributed by atoms with E-state index in [1.54, 1.807) is 4.90 Å². The Hall–Kier alpha value is -1.26. The zero-order valence-electron chi connectivity index (χ0n) is 16.6. The van der Waals surface area contributed by atoms with Crippen LogP contribution in [0.5, 0.6) is 0 Å². The van der Waals surface area contributed by atoms with Crippen molar-refractivity contribution in [2.24, 2.45) is 10.8 Å². The number of likely N-dealkylation sites (tertiary alicyclic amines) is 2. The van der Waals surface area contributed by atoms with Gasteiger partial charge in [0.1, 0.15) is 0 Å². The van der Waals surface area contributed by atoms with E-state index in [0.717, 1.165) is 24.4 Å². The van der Waals surface area contributed by atoms with Gasteiger partial charge in [0.2, 0.25) is 0 Å². The van der Waals surface area contributed by atoms with E-state index in [0.29, 0.717) is 19.1 Å². The summed E-state index contributed by atoms with van der Waals surface area (Å²) in [6, 6.07) is 8.75. The number of rotatable bonds is 2. The maximum absolute atomic E-state index is 11.4. The molecule has 0 bridgehead atoms. The fraction of sp³-hybridized carbons (Fsp3) is 0.667. The Balaban J connectivity index is 2.10.